The number of fused-ring (bicyclic) bond motifs is 1. The summed E-state index contributed by atoms with van der Waals surface area (Å²) in [4.78, 5) is 25.7. The van der Waals surface area contributed by atoms with Crippen molar-refractivity contribution in [3.05, 3.63) is 70.2 Å². The first kappa shape index (κ1) is 20.2. The van der Waals surface area contributed by atoms with Crippen LogP contribution in [0.2, 0.25) is 5.02 Å². The molecule has 1 N–H and O–H groups in total. The number of anilines is 1. The lowest BCUT2D eigenvalue weighted by molar-refractivity contribution is -0.135. The molecule has 3 rings (SSSR count). The summed E-state index contributed by atoms with van der Waals surface area (Å²) in [6, 6.07) is 18.5. The first-order chi connectivity index (χ1) is 13.4. The molecule has 7 heteroatoms. The van der Waals surface area contributed by atoms with Crippen molar-refractivity contribution in [2.75, 3.05) is 25.5 Å². The molecular weight excluding hydrogens is 444 g/mol. The number of para-hydroxylation sites is 1. The first-order valence-corrected chi connectivity index (χ1v) is 9.70. The minimum Gasteiger partial charge on any atom is -0.484 e. The molecule has 0 aliphatic rings. The summed E-state index contributed by atoms with van der Waals surface area (Å²) in [7, 11) is 1.55. The number of hydrogen-bond acceptors (Lipinski definition) is 3. The molecule has 0 bridgehead atoms. The number of hydrogen-bond donors (Lipinski definition) is 1. The lowest BCUT2D eigenvalue weighted by atomic mass is 10.1. The Bertz CT molecular complexity index is 1030. The summed E-state index contributed by atoms with van der Waals surface area (Å²) in [5.41, 5.74) is 0.508. The van der Waals surface area contributed by atoms with Crippen LogP contribution in [0.5, 0.6) is 5.75 Å². The van der Waals surface area contributed by atoms with Crippen molar-refractivity contribution in [2.45, 2.75) is 0 Å². The van der Waals surface area contributed by atoms with E-state index in [1.807, 2.05) is 36.4 Å². The monoisotopic (exact) mass is 460 g/mol. The van der Waals surface area contributed by atoms with Gasteiger partial charge in [0.2, 0.25) is 5.91 Å². The number of ether oxygens (including phenoxy) is 1. The van der Waals surface area contributed by atoms with E-state index in [9.17, 15) is 9.59 Å². The highest BCUT2D eigenvalue weighted by atomic mass is 79.9. The number of benzene rings is 3. The first-order valence-electron chi connectivity index (χ1n) is 8.53. The third kappa shape index (κ3) is 5.24. The van der Waals surface area contributed by atoms with E-state index in [2.05, 4.69) is 21.2 Å². The van der Waals surface area contributed by atoms with Crippen LogP contribution in [-0.4, -0.2) is 36.9 Å². The Morgan fingerprint density at radius 2 is 1.79 bits per heavy atom. The molecule has 144 valence electrons. The third-order valence-electron chi connectivity index (χ3n) is 4.09. The zero-order valence-electron chi connectivity index (χ0n) is 15.1. The molecule has 2 amide bonds. The van der Waals surface area contributed by atoms with Crippen LogP contribution in [0.1, 0.15) is 0 Å². The summed E-state index contributed by atoms with van der Waals surface area (Å²) in [6.45, 7) is -0.253. The summed E-state index contributed by atoms with van der Waals surface area (Å²) < 4.78 is 6.59. The van der Waals surface area contributed by atoms with Crippen molar-refractivity contribution in [1.82, 2.24) is 4.90 Å². The number of amides is 2. The summed E-state index contributed by atoms with van der Waals surface area (Å²) >= 11 is 9.46. The lowest BCUT2D eigenvalue weighted by Crippen LogP contribution is -2.37. The van der Waals surface area contributed by atoms with E-state index in [1.165, 1.54) is 4.90 Å². The zero-order chi connectivity index (χ0) is 20.1. The SMILES string of the molecule is CN(CC(=O)Nc1ccccc1Cl)C(=O)COc1ccc2cc(Br)ccc2c1. The van der Waals surface area contributed by atoms with Crippen LogP contribution in [0.25, 0.3) is 10.8 Å². The van der Waals surface area contributed by atoms with Gasteiger partial charge in [-0.15, -0.1) is 0 Å². The van der Waals surface area contributed by atoms with Crippen LogP contribution in [0, 0.1) is 0 Å². The summed E-state index contributed by atoms with van der Waals surface area (Å²) in [5, 5.41) is 5.21. The summed E-state index contributed by atoms with van der Waals surface area (Å²) in [6.07, 6.45) is 0. The molecule has 0 aromatic heterocycles. The minimum absolute atomic E-state index is 0.0981. The van der Waals surface area contributed by atoms with Gasteiger partial charge in [-0.25, -0.2) is 0 Å². The molecule has 0 unspecified atom stereocenters. The van der Waals surface area contributed by atoms with Crippen LogP contribution >= 0.6 is 27.5 Å². The fraction of sp³-hybridized carbons (Fsp3) is 0.143. The van der Waals surface area contributed by atoms with Gasteiger partial charge in [0.15, 0.2) is 6.61 Å². The fourth-order valence-corrected chi connectivity index (χ4v) is 3.16. The van der Waals surface area contributed by atoms with Gasteiger partial charge < -0.3 is 15.0 Å². The smallest absolute Gasteiger partial charge is 0.260 e. The Kier molecular flexibility index (Phi) is 6.54. The van der Waals surface area contributed by atoms with E-state index in [-0.39, 0.29) is 25.0 Å². The summed E-state index contributed by atoms with van der Waals surface area (Å²) in [5.74, 6) is -0.0393. The Morgan fingerprint density at radius 3 is 2.57 bits per heavy atom. The van der Waals surface area contributed by atoms with Crippen molar-refractivity contribution in [1.29, 1.82) is 0 Å². The van der Waals surface area contributed by atoms with E-state index >= 15 is 0 Å². The number of rotatable bonds is 6. The van der Waals surface area contributed by atoms with Crippen LogP contribution < -0.4 is 10.1 Å². The highest BCUT2D eigenvalue weighted by Gasteiger charge is 2.14. The number of nitrogens with one attached hydrogen (secondary N) is 1. The van der Waals surface area contributed by atoms with E-state index in [0.29, 0.717) is 16.5 Å². The topological polar surface area (TPSA) is 58.6 Å². The number of carbonyl (C=O) groups is 2. The molecule has 3 aromatic rings. The second-order valence-electron chi connectivity index (χ2n) is 6.22. The number of halogens is 2. The minimum atomic E-state index is -0.333. The number of likely N-dealkylation sites (N-methyl/N-ethyl adjacent to an activating group) is 1. The van der Waals surface area contributed by atoms with Gasteiger partial charge in [-0.2, -0.15) is 0 Å². The number of nitrogens with zero attached hydrogens (tertiary/aromatic N) is 1. The van der Waals surface area contributed by atoms with Crippen LogP contribution in [0.15, 0.2) is 65.1 Å². The highest BCUT2D eigenvalue weighted by molar-refractivity contribution is 9.10. The van der Waals surface area contributed by atoms with Gasteiger partial charge >= 0.3 is 0 Å². The van der Waals surface area contributed by atoms with E-state index in [4.69, 9.17) is 16.3 Å². The molecular formula is C21H18BrClN2O3. The fourth-order valence-electron chi connectivity index (χ4n) is 2.60. The van der Waals surface area contributed by atoms with E-state index in [0.717, 1.165) is 15.2 Å². The maximum atomic E-state index is 12.3. The normalized spacial score (nSPS) is 10.5. The Labute approximate surface area is 176 Å². The van der Waals surface area contributed by atoms with Crippen molar-refractivity contribution < 1.29 is 14.3 Å². The molecule has 0 saturated carbocycles. The van der Waals surface area contributed by atoms with E-state index < -0.39 is 0 Å². The molecule has 0 aliphatic carbocycles. The molecule has 28 heavy (non-hydrogen) atoms. The molecule has 0 saturated heterocycles. The van der Waals surface area contributed by atoms with Crippen LogP contribution in [0.3, 0.4) is 0 Å². The van der Waals surface area contributed by atoms with Gasteiger partial charge in [-0.1, -0.05) is 51.8 Å². The van der Waals surface area contributed by atoms with Crippen molar-refractivity contribution in [2.24, 2.45) is 0 Å². The van der Waals surface area contributed by atoms with Gasteiger partial charge in [0.05, 0.1) is 17.3 Å². The molecule has 0 spiro atoms. The molecule has 0 radical (unpaired) electrons. The second-order valence-corrected chi connectivity index (χ2v) is 7.54. The largest absolute Gasteiger partial charge is 0.484 e. The van der Waals surface area contributed by atoms with Gasteiger partial charge in [-0.05, 0) is 47.2 Å². The lowest BCUT2D eigenvalue weighted by Gasteiger charge is -2.17. The molecule has 0 atom stereocenters. The molecule has 0 aliphatic heterocycles. The quantitative estimate of drug-likeness (QED) is 0.577. The van der Waals surface area contributed by atoms with Crippen molar-refractivity contribution in [3.8, 4) is 5.75 Å². The van der Waals surface area contributed by atoms with Crippen LogP contribution in [-0.2, 0) is 9.59 Å². The molecule has 0 heterocycles. The predicted molar refractivity (Wildman–Crippen MR) is 115 cm³/mol. The average molecular weight is 462 g/mol. The molecule has 0 fully saturated rings. The Hall–Kier alpha value is -2.57. The van der Waals surface area contributed by atoms with E-state index in [1.54, 1.807) is 31.3 Å². The van der Waals surface area contributed by atoms with Crippen LogP contribution in [0.4, 0.5) is 5.69 Å². The van der Waals surface area contributed by atoms with Crippen molar-refractivity contribution >= 4 is 55.8 Å². The van der Waals surface area contributed by atoms with Gasteiger partial charge in [-0.3, -0.25) is 9.59 Å². The maximum absolute atomic E-state index is 12.3. The van der Waals surface area contributed by atoms with Crippen molar-refractivity contribution in [3.63, 3.8) is 0 Å². The van der Waals surface area contributed by atoms with Gasteiger partial charge in [0.25, 0.3) is 5.91 Å². The predicted octanol–water partition coefficient (Wildman–Crippen LogP) is 4.73. The zero-order valence-corrected chi connectivity index (χ0v) is 17.5. The second kappa shape index (κ2) is 9.08. The van der Waals surface area contributed by atoms with Gasteiger partial charge in [0.1, 0.15) is 5.75 Å². The maximum Gasteiger partial charge on any atom is 0.260 e. The Balaban J connectivity index is 1.53. The Morgan fingerprint density at radius 1 is 1.07 bits per heavy atom. The standard InChI is InChI=1S/C21H18BrClN2O3/c1-25(12-20(26)24-19-5-3-2-4-18(19)23)21(27)13-28-17-9-7-14-10-16(22)8-6-15(14)11-17/h2-11H,12-13H2,1H3,(H,24,26). The molecule has 5 nitrogen and oxygen atoms in total. The number of carbonyl (C=O) groups excluding carboxylic acids is 2. The third-order valence-corrected chi connectivity index (χ3v) is 4.91. The van der Waals surface area contributed by atoms with Gasteiger partial charge in [0, 0.05) is 11.5 Å². The highest BCUT2D eigenvalue weighted by Crippen LogP contribution is 2.24. The molecule has 3 aromatic carbocycles. The average Bonchev–Trinajstić information content (AvgIpc) is 2.67.